The lowest BCUT2D eigenvalue weighted by atomic mass is 10.1. The van der Waals surface area contributed by atoms with Crippen LogP contribution in [0.3, 0.4) is 0 Å². The quantitative estimate of drug-likeness (QED) is 0.580. The number of aryl methyl sites for hydroxylation is 2. The van der Waals surface area contributed by atoms with Crippen molar-refractivity contribution in [3.8, 4) is 0 Å². The highest BCUT2D eigenvalue weighted by atomic mass is 13.9. The molecule has 0 aromatic heterocycles. The summed E-state index contributed by atoms with van der Waals surface area (Å²) in [7, 11) is 0. The van der Waals surface area contributed by atoms with Crippen LogP contribution in [-0.2, 0) is 0 Å². The van der Waals surface area contributed by atoms with Crippen molar-refractivity contribution >= 4 is 0 Å². The number of rotatable bonds is 0. The summed E-state index contributed by atoms with van der Waals surface area (Å²) in [5.41, 5.74) is 2.74. The maximum absolute atomic E-state index is 2.12. The average molecular weight is 184 g/mol. The van der Waals surface area contributed by atoms with E-state index < -0.39 is 0 Å². The Bertz CT molecular complexity index is 302. The lowest BCUT2D eigenvalue weighted by Crippen LogP contribution is -1.74. The third kappa shape index (κ3) is 3.90. The highest BCUT2D eigenvalue weighted by Crippen LogP contribution is 2.02. The molecule has 0 heterocycles. The van der Waals surface area contributed by atoms with E-state index in [9.17, 15) is 0 Å². The molecule has 0 amide bonds. The molecule has 72 valence electrons. The number of hydrogen-bond donors (Lipinski definition) is 0. The van der Waals surface area contributed by atoms with E-state index >= 15 is 0 Å². The molecule has 0 spiro atoms. The van der Waals surface area contributed by atoms with Gasteiger partial charge in [-0.15, -0.1) is 0 Å². The van der Waals surface area contributed by atoms with Gasteiger partial charge in [0.1, 0.15) is 0 Å². The second kappa shape index (κ2) is 5.98. The minimum absolute atomic E-state index is 1.37. The van der Waals surface area contributed by atoms with Gasteiger partial charge in [0.15, 0.2) is 0 Å². The van der Waals surface area contributed by atoms with Crippen molar-refractivity contribution in [3.63, 3.8) is 0 Å². The van der Waals surface area contributed by atoms with Crippen LogP contribution in [-0.4, -0.2) is 0 Å². The van der Waals surface area contributed by atoms with Crippen molar-refractivity contribution in [1.29, 1.82) is 0 Å². The molecule has 0 aliphatic carbocycles. The minimum atomic E-state index is 1.37. The topological polar surface area (TPSA) is 0 Å². The molecule has 0 unspecified atom stereocenters. The fourth-order valence-electron chi connectivity index (χ4n) is 1.05. The van der Waals surface area contributed by atoms with E-state index in [4.69, 9.17) is 0 Å². The highest BCUT2D eigenvalue weighted by Gasteiger charge is 1.83. The van der Waals surface area contributed by atoms with Crippen molar-refractivity contribution in [2.24, 2.45) is 0 Å². The predicted molar refractivity (Wildman–Crippen MR) is 62.4 cm³/mol. The summed E-state index contributed by atoms with van der Waals surface area (Å²) < 4.78 is 0. The first-order valence-electron chi connectivity index (χ1n) is 4.83. The van der Waals surface area contributed by atoms with Crippen molar-refractivity contribution in [2.75, 3.05) is 0 Å². The maximum atomic E-state index is 2.12. The van der Waals surface area contributed by atoms with E-state index in [2.05, 4.69) is 38.1 Å². The van der Waals surface area contributed by atoms with Crippen LogP contribution in [0.5, 0.6) is 0 Å². The summed E-state index contributed by atoms with van der Waals surface area (Å²) in [6.07, 6.45) is 0. The summed E-state index contributed by atoms with van der Waals surface area (Å²) in [5.74, 6) is 0. The van der Waals surface area contributed by atoms with E-state index in [1.807, 2.05) is 36.4 Å². The summed E-state index contributed by atoms with van der Waals surface area (Å²) in [6, 6.07) is 20.4. The third-order valence-corrected chi connectivity index (χ3v) is 2.09. The van der Waals surface area contributed by atoms with Gasteiger partial charge in [0.2, 0.25) is 0 Å². The molecule has 0 saturated heterocycles. The summed E-state index contributed by atoms with van der Waals surface area (Å²) in [6.45, 7) is 4.24. The molecule has 14 heavy (non-hydrogen) atoms. The molecule has 0 N–H and O–H groups in total. The van der Waals surface area contributed by atoms with Crippen LogP contribution in [0, 0.1) is 13.8 Å². The van der Waals surface area contributed by atoms with Crippen LogP contribution < -0.4 is 0 Å². The largest absolute Gasteiger partial charge is 0.0623 e. The van der Waals surface area contributed by atoms with Gasteiger partial charge in [0.25, 0.3) is 0 Å². The van der Waals surface area contributed by atoms with Gasteiger partial charge in [0.05, 0.1) is 0 Å². The smallest absolute Gasteiger partial charge is 0.0395 e. The Labute approximate surface area is 86.2 Å². The minimum Gasteiger partial charge on any atom is -0.0623 e. The van der Waals surface area contributed by atoms with Gasteiger partial charge >= 0.3 is 0 Å². The first kappa shape index (κ1) is 10.5. The molecular formula is C14H16. The van der Waals surface area contributed by atoms with Gasteiger partial charge in [0, 0.05) is 0 Å². The standard InChI is InChI=1S/C8H10.C6H6/c1-7-5-3-4-6-8(7)2;1-2-4-6-5-3-1/h3-6H,1-2H3;1-6H. The van der Waals surface area contributed by atoms with Crippen molar-refractivity contribution in [2.45, 2.75) is 13.8 Å². The SMILES string of the molecule is Cc1ccccc1C.c1ccccc1. The molecule has 0 fully saturated rings. The zero-order valence-electron chi connectivity index (χ0n) is 8.77. The van der Waals surface area contributed by atoms with Crippen LogP contribution in [0.2, 0.25) is 0 Å². The zero-order valence-corrected chi connectivity index (χ0v) is 8.77. The highest BCUT2D eigenvalue weighted by molar-refractivity contribution is 5.23. The molecule has 0 saturated carbocycles. The van der Waals surface area contributed by atoms with Crippen molar-refractivity contribution in [1.82, 2.24) is 0 Å². The average Bonchev–Trinajstić information content (AvgIpc) is 2.26. The van der Waals surface area contributed by atoms with Crippen LogP contribution in [0.4, 0.5) is 0 Å². The second-order valence-corrected chi connectivity index (χ2v) is 3.24. The van der Waals surface area contributed by atoms with Crippen LogP contribution in [0.1, 0.15) is 11.1 Å². The molecule has 0 nitrogen and oxygen atoms in total. The molecule has 2 rings (SSSR count). The van der Waals surface area contributed by atoms with E-state index in [0.717, 1.165) is 0 Å². The van der Waals surface area contributed by atoms with Crippen LogP contribution in [0.25, 0.3) is 0 Å². The first-order chi connectivity index (χ1) is 6.80. The molecule has 0 atom stereocenters. The maximum Gasteiger partial charge on any atom is -0.0395 e. The molecular weight excluding hydrogens is 168 g/mol. The Morgan fingerprint density at radius 3 is 1.00 bits per heavy atom. The van der Waals surface area contributed by atoms with Gasteiger partial charge in [-0.1, -0.05) is 60.7 Å². The molecule has 2 aromatic carbocycles. The van der Waals surface area contributed by atoms with E-state index in [-0.39, 0.29) is 0 Å². The fraction of sp³-hybridized carbons (Fsp3) is 0.143. The Morgan fingerprint density at radius 1 is 0.500 bits per heavy atom. The Kier molecular flexibility index (Phi) is 4.49. The Balaban J connectivity index is 0.000000146. The third-order valence-electron chi connectivity index (χ3n) is 2.09. The fourth-order valence-corrected chi connectivity index (χ4v) is 1.05. The van der Waals surface area contributed by atoms with Crippen LogP contribution >= 0.6 is 0 Å². The lowest BCUT2D eigenvalue weighted by molar-refractivity contribution is 1.34. The summed E-state index contributed by atoms with van der Waals surface area (Å²) >= 11 is 0. The number of hydrogen-bond acceptors (Lipinski definition) is 0. The van der Waals surface area contributed by atoms with E-state index in [1.165, 1.54) is 11.1 Å². The molecule has 0 aliphatic heterocycles. The second-order valence-electron chi connectivity index (χ2n) is 3.24. The summed E-state index contributed by atoms with van der Waals surface area (Å²) in [4.78, 5) is 0. The van der Waals surface area contributed by atoms with Crippen molar-refractivity contribution < 1.29 is 0 Å². The van der Waals surface area contributed by atoms with Gasteiger partial charge < -0.3 is 0 Å². The molecule has 0 heteroatoms. The van der Waals surface area contributed by atoms with Gasteiger partial charge in [-0.25, -0.2) is 0 Å². The van der Waals surface area contributed by atoms with Crippen molar-refractivity contribution in [3.05, 3.63) is 71.8 Å². The predicted octanol–water partition coefficient (Wildman–Crippen LogP) is 3.99. The zero-order chi connectivity index (χ0) is 10.2. The van der Waals surface area contributed by atoms with Crippen LogP contribution in [0.15, 0.2) is 60.7 Å². The molecule has 2 aromatic rings. The Morgan fingerprint density at radius 2 is 0.786 bits per heavy atom. The van der Waals surface area contributed by atoms with E-state index in [1.54, 1.807) is 0 Å². The molecule has 0 aliphatic rings. The Hall–Kier alpha value is -1.56. The first-order valence-corrected chi connectivity index (χ1v) is 4.83. The monoisotopic (exact) mass is 184 g/mol. The number of benzene rings is 2. The van der Waals surface area contributed by atoms with Gasteiger partial charge in [-0.2, -0.15) is 0 Å². The van der Waals surface area contributed by atoms with Gasteiger partial charge in [-0.05, 0) is 25.0 Å². The van der Waals surface area contributed by atoms with E-state index in [0.29, 0.717) is 0 Å². The molecule has 0 radical (unpaired) electrons. The normalized spacial score (nSPS) is 8.71. The van der Waals surface area contributed by atoms with Gasteiger partial charge in [-0.3, -0.25) is 0 Å². The summed E-state index contributed by atoms with van der Waals surface area (Å²) in [5, 5.41) is 0. The lowest BCUT2D eigenvalue weighted by Gasteiger charge is -1.93. The molecule has 0 bridgehead atoms.